The van der Waals surface area contributed by atoms with Crippen LogP contribution in [0.5, 0.6) is 0 Å². The third kappa shape index (κ3) is 4.46. The molecule has 0 atom stereocenters. The summed E-state index contributed by atoms with van der Waals surface area (Å²) in [7, 11) is 0. The van der Waals surface area contributed by atoms with E-state index in [1.165, 1.54) is 5.56 Å². The van der Waals surface area contributed by atoms with Gasteiger partial charge in [-0.05, 0) is 35.7 Å². The third-order valence-electron chi connectivity index (χ3n) is 2.92. The zero-order chi connectivity index (χ0) is 14.4. The third-order valence-corrected chi connectivity index (χ3v) is 3.87. The monoisotopic (exact) mass is 289 g/mol. The van der Waals surface area contributed by atoms with Crippen molar-refractivity contribution in [2.75, 3.05) is 11.1 Å². The number of anilines is 1. The molecule has 0 saturated carbocycles. The number of rotatable bonds is 6. The summed E-state index contributed by atoms with van der Waals surface area (Å²) in [5.41, 5.74) is 2.12. The van der Waals surface area contributed by atoms with E-state index in [4.69, 9.17) is 4.42 Å². The van der Waals surface area contributed by atoms with Gasteiger partial charge in [-0.1, -0.05) is 26.0 Å². The van der Waals surface area contributed by atoms with Crippen LogP contribution in [0.3, 0.4) is 0 Å². The molecular weight excluding hydrogens is 270 g/mol. The summed E-state index contributed by atoms with van der Waals surface area (Å²) >= 11 is 1.54. The number of carbonyl (C=O) groups is 1. The summed E-state index contributed by atoms with van der Waals surface area (Å²) in [5.74, 6) is 2.55. The normalized spacial score (nSPS) is 10.8. The second-order valence-electron chi connectivity index (χ2n) is 4.90. The highest BCUT2D eigenvalue weighted by atomic mass is 32.2. The van der Waals surface area contributed by atoms with Crippen molar-refractivity contribution < 1.29 is 9.21 Å². The predicted molar refractivity (Wildman–Crippen MR) is 84.0 cm³/mol. The lowest BCUT2D eigenvalue weighted by molar-refractivity contribution is -0.113. The SMILES string of the molecule is CC(C)c1ccc(NC(=O)CSCc2ccco2)cc1. The molecule has 0 saturated heterocycles. The maximum Gasteiger partial charge on any atom is 0.234 e. The molecule has 3 nitrogen and oxygen atoms in total. The Hall–Kier alpha value is -1.68. The van der Waals surface area contributed by atoms with Crippen molar-refractivity contribution in [2.45, 2.75) is 25.5 Å². The molecule has 0 aliphatic carbocycles. The maximum atomic E-state index is 11.8. The molecular formula is C16H19NO2S. The van der Waals surface area contributed by atoms with Gasteiger partial charge < -0.3 is 9.73 Å². The molecule has 0 aliphatic heterocycles. The van der Waals surface area contributed by atoms with E-state index in [0.717, 1.165) is 11.4 Å². The van der Waals surface area contributed by atoms with Crippen molar-refractivity contribution in [2.24, 2.45) is 0 Å². The average Bonchev–Trinajstić information content (AvgIpc) is 2.92. The molecule has 1 amide bonds. The molecule has 20 heavy (non-hydrogen) atoms. The molecule has 1 aromatic carbocycles. The van der Waals surface area contributed by atoms with Gasteiger partial charge in [0.1, 0.15) is 5.76 Å². The van der Waals surface area contributed by atoms with Gasteiger partial charge in [0.15, 0.2) is 0 Å². The van der Waals surface area contributed by atoms with Gasteiger partial charge >= 0.3 is 0 Å². The Balaban J connectivity index is 1.76. The summed E-state index contributed by atoms with van der Waals surface area (Å²) < 4.78 is 5.22. The van der Waals surface area contributed by atoms with E-state index in [2.05, 4.69) is 31.3 Å². The van der Waals surface area contributed by atoms with E-state index in [1.54, 1.807) is 18.0 Å². The average molecular weight is 289 g/mol. The summed E-state index contributed by atoms with van der Waals surface area (Å²) in [5, 5.41) is 2.90. The van der Waals surface area contributed by atoms with Gasteiger partial charge in [-0.25, -0.2) is 0 Å². The summed E-state index contributed by atoms with van der Waals surface area (Å²) in [6, 6.07) is 11.8. The van der Waals surface area contributed by atoms with Crippen LogP contribution in [0.15, 0.2) is 47.1 Å². The van der Waals surface area contributed by atoms with Crippen LogP contribution in [0.2, 0.25) is 0 Å². The van der Waals surface area contributed by atoms with E-state index >= 15 is 0 Å². The van der Waals surface area contributed by atoms with Gasteiger partial charge in [0.25, 0.3) is 0 Å². The van der Waals surface area contributed by atoms with Crippen molar-refractivity contribution in [3.05, 3.63) is 54.0 Å². The maximum absolute atomic E-state index is 11.8. The zero-order valence-corrected chi connectivity index (χ0v) is 12.6. The standard InChI is InChI=1S/C16H19NO2S/c1-12(2)13-5-7-14(8-6-13)17-16(18)11-20-10-15-4-3-9-19-15/h3-9,12H,10-11H2,1-2H3,(H,17,18). The second kappa shape index (κ2) is 7.20. The zero-order valence-electron chi connectivity index (χ0n) is 11.8. The predicted octanol–water partition coefficient (Wildman–Crippen LogP) is 4.27. The summed E-state index contributed by atoms with van der Waals surface area (Å²) in [6.45, 7) is 4.30. The lowest BCUT2D eigenvalue weighted by atomic mass is 10.0. The molecule has 2 aromatic rings. The van der Waals surface area contributed by atoms with Crippen molar-refractivity contribution in [1.29, 1.82) is 0 Å². The van der Waals surface area contributed by atoms with E-state index in [0.29, 0.717) is 17.4 Å². The van der Waals surface area contributed by atoms with Crippen molar-refractivity contribution in [3.63, 3.8) is 0 Å². The molecule has 0 unspecified atom stereocenters. The highest BCUT2D eigenvalue weighted by Crippen LogP contribution is 2.18. The first-order chi connectivity index (χ1) is 9.65. The van der Waals surface area contributed by atoms with E-state index < -0.39 is 0 Å². The van der Waals surface area contributed by atoms with Crippen LogP contribution in [0, 0.1) is 0 Å². The molecule has 0 bridgehead atoms. The minimum atomic E-state index is 0.0128. The Labute approximate surface area is 123 Å². The van der Waals surface area contributed by atoms with Crippen LogP contribution in [0.4, 0.5) is 5.69 Å². The number of nitrogens with one attached hydrogen (secondary N) is 1. The number of amides is 1. The van der Waals surface area contributed by atoms with Crippen LogP contribution in [0.1, 0.15) is 31.1 Å². The summed E-state index contributed by atoms with van der Waals surface area (Å²) in [4.78, 5) is 11.8. The number of carbonyl (C=O) groups excluding carboxylic acids is 1. The van der Waals surface area contributed by atoms with Gasteiger partial charge in [0.05, 0.1) is 17.8 Å². The Morgan fingerprint density at radius 2 is 2.00 bits per heavy atom. The fourth-order valence-electron chi connectivity index (χ4n) is 1.79. The largest absolute Gasteiger partial charge is 0.468 e. The Morgan fingerprint density at radius 1 is 1.25 bits per heavy atom. The summed E-state index contributed by atoms with van der Waals surface area (Å²) in [6.07, 6.45) is 1.65. The quantitative estimate of drug-likeness (QED) is 0.863. The molecule has 0 spiro atoms. The van der Waals surface area contributed by atoms with Crippen molar-refractivity contribution in [1.82, 2.24) is 0 Å². The molecule has 0 aliphatic rings. The molecule has 2 rings (SSSR count). The molecule has 106 valence electrons. The number of hydrogen-bond acceptors (Lipinski definition) is 3. The van der Waals surface area contributed by atoms with Crippen molar-refractivity contribution >= 4 is 23.4 Å². The smallest absolute Gasteiger partial charge is 0.234 e. The molecule has 1 N–H and O–H groups in total. The highest BCUT2D eigenvalue weighted by Gasteiger charge is 2.05. The highest BCUT2D eigenvalue weighted by molar-refractivity contribution is 7.99. The number of hydrogen-bond donors (Lipinski definition) is 1. The fourth-order valence-corrected chi connectivity index (χ4v) is 2.51. The van der Waals surface area contributed by atoms with Crippen LogP contribution < -0.4 is 5.32 Å². The van der Waals surface area contributed by atoms with Crippen LogP contribution >= 0.6 is 11.8 Å². The van der Waals surface area contributed by atoms with Gasteiger partial charge in [0.2, 0.25) is 5.91 Å². The molecule has 0 fully saturated rings. The van der Waals surface area contributed by atoms with Crippen LogP contribution in [0.25, 0.3) is 0 Å². The van der Waals surface area contributed by atoms with E-state index in [-0.39, 0.29) is 5.91 Å². The van der Waals surface area contributed by atoms with Crippen molar-refractivity contribution in [3.8, 4) is 0 Å². The Morgan fingerprint density at radius 3 is 2.60 bits per heavy atom. The first kappa shape index (κ1) is 14.7. The first-order valence-corrected chi connectivity index (χ1v) is 7.80. The minimum absolute atomic E-state index is 0.0128. The van der Waals surface area contributed by atoms with Crippen LogP contribution in [-0.2, 0) is 10.5 Å². The van der Waals surface area contributed by atoms with E-state index in [9.17, 15) is 4.79 Å². The fraction of sp³-hybridized carbons (Fsp3) is 0.312. The number of thioether (sulfide) groups is 1. The first-order valence-electron chi connectivity index (χ1n) is 6.65. The lowest BCUT2D eigenvalue weighted by Crippen LogP contribution is -2.14. The number of furan rings is 1. The van der Waals surface area contributed by atoms with Crippen LogP contribution in [-0.4, -0.2) is 11.7 Å². The topological polar surface area (TPSA) is 42.2 Å². The minimum Gasteiger partial charge on any atom is -0.468 e. The van der Waals surface area contributed by atoms with Gasteiger partial charge in [-0.15, -0.1) is 11.8 Å². The molecule has 4 heteroatoms. The Kier molecular flexibility index (Phi) is 5.30. The second-order valence-corrected chi connectivity index (χ2v) is 5.88. The van der Waals surface area contributed by atoms with E-state index in [1.807, 2.05) is 24.3 Å². The lowest BCUT2D eigenvalue weighted by Gasteiger charge is -2.08. The molecule has 1 aromatic heterocycles. The van der Waals surface area contributed by atoms with Gasteiger partial charge in [0, 0.05) is 5.69 Å². The van der Waals surface area contributed by atoms with Gasteiger partial charge in [-0.3, -0.25) is 4.79 Å². The number of benzene rings is 1. The molecule has 1 heterocycles. The van der Waals surface area contributed by atoms with Gasteiger partial charge in [-0.2, -0.15) is 0 Å². The Bertz CT molecular complexity index is 532. The molecule has 0 radical (unpaired) electrons.